The second-order valence-electron chi connectivity index (χ2n) is 3.85. The summed E-state index contributed by atoms with van der Waals surface area (Å²) in [5, 5.41) is 12.3. The van der Waals surface area contributed by atoms with Gasteiger partial charge in [-0.1, -0.05) is 20.3 Å². The molecule has 0 heterocycles. The number of hydrogen-bond donors (Lipinski definition) is 2. The second kappa shape index (κ2) is 8.68. The average molecular weight is 217 g/mol. The fraction of sp³-hybridized carbons (Fsp3) is 0.909. The molecule has 4 heteroatoms. The summed E-state index contributed by atoms with van der Waals surface area (Å²) in [6.07, 6.45) is 1.66. The van der Waals surface area contributed by atoms with Gasteiger partial charge in [-0.2, -0.15) is 0 Å². The first-order chi connectivity index (χ1) is 7.11. The van der Waals surface area contributed by atoms with Crippen LogP contribution in [-0.4, -0.2) is 37.4 Å². The molecule has 0 aromatic carbocycles. The molecule has 2 N–H and O–H groups in total. The summed E-state index contributed by atoms with van der Waals surface area (Å²) < 4.78 is 4.84. The van der Waals surface area contributed by atoms with Gasteiger partial charge in [0.25, 0.3) is 0 Å². The van der Waals surface area contributed by atoms with Crippen LogP contribution >= 0.6 is 0 Å². The van der Waals surface area contributed by atoms with Crippen molar-refractivity contribution in [1.82, 2.24) is 5.32 Å². The molecule has 0 aliphatic rings. The molecule has 2 atom stereocenters. The van der Waals surface area contributed by atoms with Gasteiger partial charge >= 0.3 is 0 Å². The number of rotatable bonds is 8. The molecule has 0 saturated carbocycles. The quantitative estimate of drug-likeness (QED) is 0.595. The maximum atomic E-state index is 11.3. The molecule has 0 aliphatic carbocycles. The lowest BCUT2D eigenvalue weighted by Gasteiger charge is -2.17. The van der Waals surface area contributed by atoms with E-state index in [1.54, 1.807) is 7.11 Å². The van der Waals surface area contributed by atoms with Crippen molar-refractivity contribution in [1.29, 1.82) is 0 Å². The Morgan fingerprint density at radius 1 is 1.53 bits per heavy atom. The minimum absolute atomic E-state index is 0.0191. The molecule has 0 saturated heterocycles. The molecule has 0 aromatic rings. The van der Waals surface area contributed by atoms with Crippen LogP contribution in [0.2, 0.25) is 0 Å². The van der Waals surface area contributed by atoms with E-state index in [1.807, 2.05) is 13.8 Å². The van der Waals surface area contributed by atoms with Crippen LogP contribution in [-0.2, 0) is 9.53 Å². The number of carbonyl (C=O) groups excluding carboxylic acids is 1. The van der Waals surface area contributed by atoms with Gasteiger partial charge in [0.1, 0.15) is 0 Å². The van der Waals surface area contributed by atoms with Crippen molar-refractivity contribution in [2.45, 2.75) is 39.2 Å². The SMILES string of the molecule is CCC(C)C(O)CNC(=O)CCCOC. The van der Waals surface area contributed by atoms with Crippen LogP contribution in [0.3, 0.4) is 0 Å². The van der Waals surface area contributed by atoms with Crippen LogP contribution in [0, 0.1) is 5.92 Å². The van der Waals surface area contributed by atoms with Crippen LogP contribution < -0.4 is 5.32 Å². The normalized spacial score (nSPS) is 14.7. The van der Waals surface area contributed by atoms with Crippen molar-refractivity contribution < 1.29 is 14.6 Å². The van der Waals surface area contributed by atoms with Gasteiger partial charge in [-0.15, -0.1) is 0 Å². The molecule has 2 unspecified atom stereocenters. The molecule has 0 radical (unpaired) electrons. The van der Waals surface area contributed by atoms with Gasteiger partial charge in [0.2, 0.25) is 5.91 Å². The zero-order valence-electron chi connectivity index (χ0n) is 9.95. The summed E-state index contributed by atoms with van der Waals surface area (Å²) in [5.41, 5.74) is 0. The van der Waals surface area contributed by atoms with Crippen LogP contribution in [0.5, 0.6) is 0 Å². The number of aliphatic hydroxyl groups is 1. The van der Waals surface area contributed by atoms with Crippen LogP contribution in [0.4, 0.5) is 0 Å². The molecule has 4 nitrogen and oxygen atoms in total. The molecule has 1 amide bonds. The van der Waals surface area contributed by atoms with E-state index in [0.29, 0.717) is 19.6 Å². The Bertz CT molecular complexity index is 173. The molecular formula is C11H23NO3. The van der Waals surface area contributed by atoms with Crippen LogP contribution in [0.1, 0.15) is 33.1 Å². The minimum atomic E-state index is -0.443. The van der Waals surface area contributed by atoms with Gasteiger partial charge in [0, 0.05) is 26.7 Å². The molecular weight excluding hydrogens is 194 g/mol. The molecule has 0 aromatic heterocycles. The maximum Gasteiger partial charge on any atom is 0.220 e. The number of nitrogens with one attached hydrogen (secondary N) is 1. The first-order valence-corrected chi connectivity index (χ1v) is 5.55. The summed E-state index contributed by atoms with van der Waals surface area (Å²) in [7, 11) is 1.62. The Morgan fingerprint density at radius 2 is 2.20 bits per heavy atom. The monoisotopic (exact) mass is 217 g/mol. The number of hydrogen-bond acceptors (Lipinski definition) is 3. The van der Waals surface area contributed by atoms with E-state index in [0.717, 1.165) is 12.8 Å². The van der Waals surface area contributed by atoms with E-state index in [-0.39, 0.29) is 11.8 Å². The fourth-order valence-electron chi connectivity index (χ4n) is 1.16. The van der Waals surface area contributed by atoms with E-state index < -0.39 is 6.10 Å². The Balaban J connectivity index is 3.52. The number of amides is 1. The van der Waals surface area contributed by atoms with Gasteiger partial charge < -0.3 is 15.2 Å². The number of methoxy groups -OCH3 is 1. The summed E-state index contributed by atoms with van der Waals surface area (Å²) in [6, 6.07) is 0. The summed E-state index contributed by atoms with van der Waals surface area (Å²) >= 11 is 0. The Morgan fingerprint density at radius 3 is 2.73 bits per heavy atom. The van der Waals surface area contributed by atoms with E-state index in [4.69, 9.17) is 4.74 Å². The highest BCUT2D eigenvalue weighted by Gasteiger charge is 2.12. The highest BCUT2D eigenvalue weighted by molar-refractivity contribution is 5.75. The Hall–Kier alpha value is -0.610. The summed E-state index contributed by atoms with van der Waals surface area (Å²) in [4.78, 5) is 11.3. The number of aliphatic hydroxyl groups excluding tert-OH is 1. The van der Waals surface area contributed by atoms with Gasteiger partial charge in [0.15, 0.2) is 0 Å². The summed E-state index contributed by atoms with van der Waals surface area (Å²) in [6.45, 7) is 4.94. The lowest BCUT2D eigenvalue weighted by atomic mass is 10.0. The topological polar surface area (TPSA) is 58.6 Å². The molecule has 0 aliphatic heterocycles. The van der Waals surface area contributed by atoms with Gasteiger partial charge in [-0.25, -0.2) is 0 Å². The van der Waals surface area contributed by atoms with E-state index in [2.05, 4.69) is 5.32 Å². The summed E-state index contributed by atoms with van der Waals surface area (Å²) in [5.74, 6) is 0.207. The average Bonchev–Trinajstić information content (AvgIpc) is 2.25. The second-order valence-corrected chi connectivity index (χ2v) is 3.85. The largest absolute Gasteiger partial charge is 0.391 e. The molecule has 0 rings (SSSR count). The molecule has 15 heavy (non-hydrogen) atoms. The third-order valence-electron chi connectivity index (χ3n) is 2.56. The van der Waals surface area contributed by atoms with Crippen molar-refractivity contribution in [3.05, 3.63) is 0 Å². The van der Waals surface area contributed by atoms with Gasteiger partial charge in [-0.05, 0) is 12.3 Å². The van der Waals surface area contributed by atoms with Crippen molar-refractivity contribution in [3.8, 4) is 0 Å². The smallest absolute Gasteiger partial charge is 0.220 e. The minimum Gasteiger partial charge on any atom is -0.391 e. The molecule has 90 valence electrons. The van der Waals surface area contributed by atoms with Crippen LogP contribution in [0.15, 0.2) is 0 Å². The fourth-order valence-corrected chi connectivity index (χ4v) is 1.16. The zero-order valence-corrected chi connectivity index (χ0v) is 9.95. The third kappa shape index (κ3) is 7.33. The van der Waals surface area contributed by atoms with Crippen molar-refractivity contribution in [3.63, 3.8) is 0 Å². The number of carbonyl (C=O) groups is 1. The lowest BCUT2D eigenvalue weighted by Crippen LogP contribution is -2.35. The highest BCUT2D eigenvalue weighted by atomic mass is 16.5. The standard InChI is InChI=1S/C11H23NO3/c1-4-9(2)10(13)8-12-11(14)6-5-7-15-3/h9-10,13H,4-8H2,1-3H3,(H,12,14). The number of ether oxygens (including phenoxy) is 1. The van der Waals surface area contributed by atoms with Crippen molar-refractivity contribution in [2.24, 2.45) is 5.92 Å². The van der Waals surface area contributed by atoms with E-state index >= 15 is 0 Å². The van der Waals surface area contributed by atoms with Gasteiger partial charge in [-0.3, -0.25) is 4.79 Å². The zero-order chi connectivity index (χ0) is 11.7. The maximum absolute atomic E-state index is 11.3. The third-order valence-corrected chi connectivity index (χ3v) is 2.56. The molecule has 0 fully saturated rings. The first-order valence-electron chi connectivity index (χ1n) is 5.55. The van der Waals surface area contributed by atoms with Crippen LogP contribution in [0.25, 0.3) is 0 Å². The van der Waals surface area contributed by atoms with E-state index in [1.165, 1.54) is 0 Å². The first kappa shape index (κ1) is 14.4. The lowest BCUT2D eigenvalue weighted by molar-refractivity contribution is -0.122. The van der Waals surface area contributed by atoms with Gasteiger partial charge in [0.05, 0.1) is 6.10 Å². The van der Waals surface area contributed by atoms with Crippen molar-refractivity contribution >= 4 is 5.91 Å². The predicted molar refractivity (Wildman–Crippen MR) is 59.6 cm³/mol. The Kier molecular flexibility index (Phi) is 8.33. The highest BCUT2D eigenvalue weighted by Crippen LogP contribution is 2.05. The molecule has 0 spiro atoms. The Labute approximate surface area is 92.0 Å². The predicted octanol–water partition coefficient (Wildman–Crippen LogP) is 0.936. The van der Waals surface area contributed by atoms with Crippen molar-refractivity contribution in [2.75, 3.05) is 20.3 Å². The molecule has 0 bridgehead atoms. The van der Waals surface area contributed by atoms with E-state index in [9.17, 15) is 9.90 Å².